The van der Waals surface area contributed by atoms with Crippen LogP contribution in [0.15, 0.2) is 39.7 Å². The second-order valence-electron chi connectivity index (χ2n) is 5.81. The van der Waals surface area contributed by atoms with E-state index >= 15 is 0 Å². The first kappa shape index (κ1) is 22.4. The highest BCUT2D eigenvalue weighted by molar-refractivity contribution is 9.10. The average Bonchev–Trinajstić information content (AvgIpc) is 2.92. The third-order valence-electron chi connectivity index (χ3n) is 3.86. The van der Waals surface area contributed by atoms with E-state index in [1.807, 2.05) is 26.0 Å². The van der Waals surface area contributed by atoms with Gasteiger partial charge in [0.05, 0.1) is 33.3 Å². The molecule has 0 unspecified atom stereocenters. The lowest BCUT2D eigenvalue weighted by molar-refractivity contribution is -0.113. The lowest BCUT2D eigenvalue weighted by atomic mass is 10.1. The number of thioether (sulfide) groups is 1. The molecule has 9 heteroatoms. The number of thiocarbonyl (C=S) groups is 1. The van der Waals surface area contributed by atoms with Crippen LogP contribution in [0.4, 0.5) is 5.69 Å². The van der Waals surface area contributed by atoms with Crippen LogP contribution in [-0.2, 0) is 4.79 Å². The number of ether oxygens (including phenoxy) is 2. The molecule has 3 rings (SSSR count). The highest BCUT2D eigenvalue weighted by Crippen LogP contribution is 2.41. The Labute approximate surface area is 197 Å². The number of anilines is 1. The van der Waals surface area contributed by atoms with E-state index in [2.05, 4.69) is 15.9 Å². The number of hydrogen-bond acceptors (Lipinski definition) is 5. The van der Waals surface area contributed by atoms with E-state index in [1.165, 1.54) is 16.7 Å². The first-order valence-corrected chi connectivity index (χ1v) is 11.4. The van der Waals surface area contributed by atoms with Gasteiger partial charge >= 0.3 is 0 Å². The smallest absolute Gasteiger partial charge is 0.270 e. The lowest BCUT2D eigenvalue weighted by Gasteiger charge is -2.16. The molecule has 1 fully saturated rings. The van der Waals surface area contributed by atoms with Gasteiger partial charge in [-0.25, -0.2) is 0 Å². The molecule has 0 aliphatic carbocycles. The number of halogens is 3. The van der Waals surface area contributed by atoms with Gasteiger partial charge in [0, 0.05) is 5.02 Å². The van der Waals surface area contributed by atoms with E-state index in [4.69, 9.17) is 44.9 Å². The number of benzene rings is 2. The van der Waals surface area contributed by atoms with Gasteiger partial charge in [-0.2, -0.15) is 0 Å². The fraction of sp³-hybridized carbons (Fsp3) is 0.200. The minimum atomic E-state index is -0.243. The fourth-order valence-electron chi connectivity index (χ4n) is 2.71. The molecule has 0 saturated carbocycles. The van der Waals surface area contributed by atoms with Gasteiger partial charge in [0.2, 0.25) is 0 Å². The summed E-state index contributed by atoms with van der Waals surface area (Å²) in [5.41, 5.74) is 1.29. The molecular weight excluding hydrogens is 517 g/mol. The number of amides is 1. The van der Waals surface area contributed by atoms with Crippen molar-refractivity contribution in [2.45, 2.75) is 13.8 Å². The number of carbonyl (C=O) groups excluding carboxylic acids is 1. The van der Waals surface area contributed by atoms with Crippen molar-refractivity contribution in [3.05, 3.63) is 55.3 Å². The summed E-state index contributed by atoms with van der Waals surface area (Å²) >= 11 is 22.4. The third kappa shape index (κ3) is 4.91. The molecule has 2 aromatic carbocycles. The fourth-order valence-corrected chi connectivity index (χ4v) is 5.06. The van der Waals surface area contributed by atoms with Gasteiger partial charge in [-0.15, -0.1) is 0 Å². The molecule has 0 spiro atoms. The first-order chi connectivity index (χ1) is 13.8. The molecule has 1 amide bonds. The summed E-state index contributed by atoms with van der Waals surface area (Å²) in [6.45, 7) is 4.81. The molecule has 0 radical (unpaired) electrons. The second kappa shape index (κ2) is 9.71. The zero-order valence-electron chi connectivity index (χ0n) is 15.5. The summed E-state index contributed by atoms with van der Waals surface area (Å²) in [5.74, 6) is 0.991. The van der Waals surface area contributed by atoms with Crippen LogP contribution in [0, 0.1) is 0 Å². The van der Waals surface area contributed by atoms with E-state index in [1.54, 1.807) is 24.3 Å². The third-order valence-corrected chi connectivity index (χ3v) is 6.29. The molecule has 0 N–H and O–H groups in total. The topological polar surface area (TPSA) is 38.8 Å². The monoisotopic (exact) mass is 531 g/mol. The van der Waals surface area contributed by atoms with E-state index < -0.39 is 0 Å². The minimum absolute atomic E-state index is 0.243. The van der Waals surface area contributed by atoms with Crippen molar-refractivity contribution in [1.82, 2.24) is 0 Å². The van der Waals surface area contributed by atoms with Gasteiger partial charge in [0.15, 0.2) is 15.8 Å². The summed E-state index contributed by atoms with van der Waals surface area (Å²) in [6, 6.07) is 8.64. The first-order valence-electron chi connectivity index (χ1n) is 8.67. The number of rotatable bonds is 6. The minimum Gasteiger partial charge on any atom is -0.490 e. The van der Waals surface area contributed by atoms with Crippen LogP contribution in [0.25, 0.3) is 6.08 Å². The molecule has 0 aromatic heterocycles. The van der Waals surface area contributed by atoms with Crippen LogP contribution in [0.1, 0.15) is 19.4 Å². The van der Waals surface area contributed by atoms with E-state index in [0.717, 1.165) is 10.0 Å². The van der Waals surface area contributed by atoms with E-state index in [-0.39, 0.29) is 5.91 Å². The van der Waals surface area contributed by atoms with Crippen LogP contribution >= 0.6 is 63.1 Å². The Bertz CT molecular complexity index is 1010. The van der Waals surface area contributed by atoms with Crippen molar-refractivity contribution >= 4 is 85.1 Å². The predicted octanol–water partition coefficient (Wildman–Crippen LogP) is 6.96. The van der Waals surface area contributed by atoms with Crippen molar-refractivity contribution in [3.63, 3.8) is 0 Å². The summed E-state index contributed by atoms with van der Waals surface area (Å²) in [4.78, 5) is 14.9. The van der Waals surface area contributed by atoms with E-state index in [9.17, 15) is 4.79 Å². The maximum Gasteiger partial charge on any atom is 0.270 e. The molecule has 1 aliphatic rings. The SMILES string of the molecule is CCOc1cc(/C=C2\SC(=S)N(c3ccc(Cl)cc3Cl)C2=O)cc(Br)c1OCC. The van der Waals surface area contributed by atoms with Crippen LogP contribution in [0.3, 0.4) is 0 Å². The molecule has 0 bridgehead atoms. The predicted molar refractivity (Wildman–Crippen MR) is 129 cm³/mol. The van der Waals surface area contributed by atoms with Crippen molar-refractivity contribution < 1.29 is 14.3 Å². The van der Waals surface area contributed by atoms with Gasteiger partial charge in [-0.3, -0.25) is 9.69 Å². The molecule has 1 heterocycles. The van der Waals surface area contributed by atoms with Gasteiger partial charge < -0.3 is 9.47 Å². The Morgan fingerprint density at radius 1 is 1.17 bits per heavy atom. The zero-order chi connectivity index (χ0) is 21.1. The zero-order valence-corrected chi connectivity index (χ0v) is 20.2. The summed E-state index contributed by atoms with van der Waals surface area (Å²) < 4.78 is 12.5. The average molecular weight is 533 g/mol. The highest BCUT2D eigenvalue weighted by Gasteiger charge is 2.34. The quantitative estimate of drug-likeness (QED) is 0.297. The summed E-state index contributed by atoms with van der Waals surface area (Å²) in [7, 11) is 0. The Morgan fingerprint density at radius 3 is 2.55 bits per heavy atom. The van der Waals surface area contributed by atoms with Crippen LogP contribution in [-0.4, -0.2) is 23.4 Å². The standard InChI is InChI=1S/C20H16BrCl2NO3S2/c1-3-26-16-8-11(7-13(21)18(16)27-4-2)9-17-19(25)24(20(28)29-17)15-6-5-12(22)10-14(15)23/h5-10H,3-4H2,1-2H3/b17-9-. The Balaban J connectivity index is 1.97. The maximum absolute atomic E-state index is 13.0. The maximum atomic E-state index is 13.0. The van der Waals surface area contributed by atoms with Gasteiger partial charge in [0.25, 0.3) is 5.91 Å². The van der Waals surface area contributed by atoms with E-state index in [0.29, 0.717) is 49.7 Å². The molecule has 0 atom stereocenters. The van der Waals surface area contributed by atoms with Gasteiger partial charge in [-0.1, -0.05) is 47.2 Å². The normalized spacial score (nSPS) is 15.3. The Kier molecular flexibility index (Phi) is 7.51. The van der Waals surface area contributed by atoms with Gasteiger partial charge in [0.1, 0.15) is 0 Å². The molecule has 2 aromatic rings. The molecular formula is C20H16BrCl2NO3S2. The largest absolute Gasteiger partial charge is 0.490 e. The second-order valence-corrected chi connectivity index (χ2v) is 9.18. The number of nitrogens with zero attached hydrogens (tertiary/aromatic N) is 1. The van der Waals surface area contributed by atoms with Crippen molar-refractivity contribution in [1.29, 1.82) is 0 Å². The van der Waals surface area contributed by atoms with Crippen molar-refractivity contribution in [2.75, 3.05) is 18.1 Å². The van der Waals surface area contributed by atoms with Gasteiger partial charge in [-0.05, 0) is 71.7 Å². The Hall–Kier alpha value is -1.25. The molecule has 29 heavy (non-hydrogen) atoms. The molecule has 1 saturated heterocycles. The Morgan fingerprint density at radius 2 is 1.90 bits per heavy atom. The van der Waals surface area contributed by atoms with Crippen molar-refractivity contribution in [3.8, 4) is 11.5 Å². The summed E-state index contributed by atoms with van der Waals surface area (Å²) in [6.07, 6.45) is 1.77. The molecule has 1 aliphatic heterocycles. The number of carbonyl (C=O) groups is 1. The lowest BCUT2D eigenvalue weighted by Crippen LogP contribution is -2.27. The number of hydrogen-bond donors (Lipinski definition) is 0. The summed E-state index contributed by atoms with van der Waals surface area (Å²) in [5, 5.41) is 0.847. The van der Waals surface area contributed by atoms with Crippen LogP contribution in [0.5, 0.6) is 11.5 Å². The van der Waals surface area contributed by atoms with Crippen LogP contribution < -0.4 is 14.4 Å². The highest BCUT2D eigenvalue weighted by atomic mass is 79.9. The molecule has 152 valence electrons. The van der Waals surface area contributed by atoms with Crippen molar-refractivity contribution in [2.24, 2.45) is 0 Å². The molecule has 4 nitrogen and oxygen atoms in total. The van der Waals surface area contributed by atoms with Crippen LogP contribution in [0.2, 0.25) is 10.0 Å².